The smallest absolute Gasteiger partial charge is 0.339 e. The van der Waals surface area contributed by atoms with Crippen molar-refractivity contribution in [3.05, 3.63) is 86.3 Å². The van der Waals surface area contributed by atoms with Gasteiger partial charge in [-0.05, 0) is 70.0 Å². The van der Waals surface area contributed by atoms with E-state index in [1.54, 1.807) is 18.2 Å². The van der Waals surface area contributed by atoms with Crippen LogP contribution >= 0.6 is 39.1 Å². The summed E-state index contributed by atoms with van der Waals surface area (Å²) >= 11 is 15.2. The van der Waals surface area contributed by atoms with E-state index in [4.69, 9.17) is 32.1 Å². The average molecular weight is 626 g/mol. The molecule has 37 heavy (non-hydrogen) atoms. The van der Waals surface area contributed by atoms with Crippen LogP contribution in [-0.4, -0.2) is 33.4 Å². The number of carbonyl (C=O) groups is 3. The molecular weight excluding hydrogens is 611 g/mol. The third-order valence-electron chi connectivity index (χ3n) is 5.05. The van der Waals surface area contributed by atoms with Gasteiger partial charge in [-0.1, -0.05) is 41.4 Å². The fourth-order valence-electron chi connectivity index (χ4n) is 3.33. The second kappa shape index (κ2) is 10.5. The molecule has 0 bridgehead atoms. The third kappa shape index (κ3) is 5.49. The van der Waals surface area contributed by atoms with E-state index >= 15 is 0 Å². The Labute approximate surface area is 229 Å². The summed E-state index contributed by atoms with van der Waals surface area (Å²) in [7, 11) is -2.89. The molecule has 4 amide bonds. The number of rotatable bonds is 6. The van der Waals surface area contributed by atoms with Gasteiger partial charge < -0.3 is 8.92 Å². The summed E-state index contributed by atoms with van der Waals surface area (Å²) in [5, 5.41) is 2.43. The van der Waals surface area contributed by atoms with Crippen molar-refractivity contribution >= 4 is 78.9 Å². The number of hydrogen-bond acceptors (Lipinski definition) is 7. The van der Waals surface area contributed by atoms with Crippen LogP contribution in [0.2, 0.25) is 10.0 Å². The first kappa shape index (κ1) is 26.7. The molecule has 1 fully saturated rings. The van der Waals surface area contributed by atoms with E-state index in [0.29, 0.717) is 0 Å². The Morgan fingerprint density at radius 3 is 2.32 bits per heavy atom. The van der Waals surface area contributed by atoms with E-state index in [0.717, 1.165) is 4.90 Å². The number of ether oxygens (including phenoxy) is 1. The number of hydrogen-bond donors (Lipinski definition) is 1. The minimum atomic E-state index is -4.18. The maximum Gasteiger partial charge on any atom is 0.339 e. The maximum atomic E-state index is 13.2. The third-order valence-corrected chi connectivity index (χ3v) is 7.61. The zero-order valence-electron chi connectivity index (χ0n) is 18.7. The van der Waals surface area contributed by atoms with Crippen LogP contribution in [0.3, 0.4) is 0 Å². The fourth-order valence-corrected chi connectivity index (χ4v) is 5.25. The van der Waals surface area contributed by atoms with Crippen molar-refractivity contribution in [1.29, 1.82) is 0 Å². The molecule has 3 aromatic rings. The highest BCUT2D eigenvalue weighted by Crippen LogP contribution is 2.39. The summed E-state index contributed by atoms with van der Waals surface area (Å²) < 4.78 is 36.1. The maximum absolute atomic E-state index is 13.2. The molecule has 0 aliphatic carbocycles. The van der Waals surface area contributed by atoms with Crippen LogP contribution < -0.4 is 19.1 Å². The van der Waals surface area contributed by atoms with Gasteiger partial charge in [0.15, 0.2) is 11.5 Å². The van der Waals surface area contributed by atoms with Gasteiger partial charge in [-0.3, -0.25) is 14.9 Å². The number of urea groups is 1. The van der Waals surface area contributed by atoms with Gasteiger partial charge in [-0.2, -0.15) is 8.42 Å². The molecule has 190 valence electrons. The van der Waals surface area contributed by atoms with Gasteiger partial charge in [0.2, 0.25) is 0 Å². The molecular formula is C24H15BrCl2N2O7S. The largest absolute Gasteiger partial charge is 0.493 e. The second-order valence-electron chi connectivity index (χ2n) is 7.44. The highest BCUT2D eigenvalue weighted by molar-refractivity contribution is 9.10. The second-order valence-corrected chi connectivity index (χ2v) is 10.7. The van der Waals surface area contributed by atoms with Crippen molar-refractivity contribution in [3.63, 3.8) is 0 Å². The summed E-state index contributed by atoms with van der Waals surface area (Å²) in [6, 6.07) is 13.5. The predicted molar refractivity (Wildman–Crippen MR) is 140 cm³/mol. The van der Waals surface area contributed by atoms with Gasteiger partial charge in [-0.15, -0.1) is 0 Å². The summed E-state index contributed by atoms with van der Waals surface area (Å²) in [6.45, 7) is 0. The zero-order chi connectivity index (χ0) is 26.9. The molecule has 0 unspecified atom stereocenters. The van der Waals surface area contributed by atoms with Gasteiger partial charge in [0.1, 0.15) is 10.5 Å². The quantitative estimate of drug-likeness (QED) is 0.227. The summed E-state index contributed by atoms with van der Waals surface area (Å²) in [4.78, 5) is 38.8. The highest BCUT2D eigenvalue weighted by atomic mass is 79.9. The number of nitrogens with zero attached hydrogens (tertiary/aromatic N) is 1. The molecule has 4 rings (SSSR count). The number of halogens is 3. The van der Waals surface area contributed by atoms with Crippen LogP contribution in [0, 0.1) is 0 Å². The Morgan fingerprint density at radius 2 is 1.68 bits per heavy atom. The van der Waals surface area contributed by atoms with E-state index in [1.165, 1.54) is 55.7 Å². The molecule has 1 N–H and O–H groups in total. The van der Waals surface area contributed by atoms with E-state index in [2.05, 4.69) is 21.2 Å². The van der Waals surface area contributed by atoms with Crippen LogP contribution in [0.15, 0.2) is 75.6 Å². The fraction of sp³-hybridized carbons (Fsp3) is 0.0417. The lowest BCUT2D eigenvalue weighted by atomic mass is 10.1. The molecule has 0 radical (unpaired) electrons. The normalized spacial score (nSPS) is 15.1. The Kier molecular flexibility index (Phi) is 7.60. The number of amides is 4. The highest BCUT2D eigenvalue weighted by Gasteiger charge is 2.37. The van der Waals surface area contributed by atoms with Crippen LogP contribution in [0.4, 0.5) is 10.5 Å². The number of methoxy groups -OCH3 is 1. The Hall–Kier alpha value is -3.38. The lowest BCUT2D eigenvalue weighted by Gasteiger charge is -2.26. The summed E-state index contributed by atoms with van der Waals surface area (Å²) in [5.74, 6) is -1.97. The molecule has 3 aromatic carbocycles. The number of imide groups is 2. The van der Waals surface area contributed by atoms with Crippen LogP contribution in [0.5, 0.6) is 11.5 Å². The van der Waals surface area contributed by atoms with Crippen molar-refractivity contribution in [1.82, 2.24) is 5.32 Å². The van der Waals surface area contributed by atoms with Crippen molar-refractivity contribution < 1.29 is 31.7 Å². The van der Waals surface area contributed by atoms with Crippen molar-refractivity contribution in [2.24, 2.45) is 0 Å². The van der Waals surface area contributed by atoms with E-state index in [-0.39, 0.29) is 47.7 Å². The summed E-state index contributed by atoms with van der Waals surface area (Å²) in [6.07, 6.45) is 1.22. The standard InChI is InChI=1S/C24H15BrCl2N2O7S/c1-35-20-11-13(10-17(25)21(20)36-37(33,34)15-5-3-2-4-6-15)9-16-22(30)28-24(32)29(23(16)31)14-7-8-18(26)19(27)12-14/h2-12H,1H3,(H,28,30,32)/b16-9+. The van der Waals surface area contributed by atoms with Gasteiger partial charge in [0, 0.05) is 0 Å². The molecule has 0 spiro atoms. The van der Waals surface area contributed by atoms with E-state index in [1.807, 2.05) is 0 Å². The first-order valence-electron chi connectivity index (χ1n) is 10.3. The number of benzene rings is 3. The van der Waals surface area contributed by atoms with Gasteiger partial charge in [0.25, 0.3) is 11.8 Å². The zero-order valence-corrected chi connectivity index (χ0v) is 22.6. The minimum absolute atomic E-state index is 0.00168. The molecule has 1 aliphatic rings. The van der Waals surface area contributed by atoms with E-state index < -0.39 is 28.0 Å². The molecule has 9 nitrogen and oxygen atoms in total. The number of carbonyl (C=O) groups excluding carboxylic acids is 3. The topological polar surface area (TPSA) is 119 Å². The van der Waals surface area contributed by atoms with Gasteiger partial charge in [0.05, 0.1) is 27.3 Å². The average Bonchev–Trinajstić information content (AvgIpc) is 2.85. The molecule has 13 heteroatoms. The van der Waals surface area contributed by atoms with Crippen LogP contribution in [-0.2, 0) is 19.7 Å². The monoisotopic (exact) mass is 624 g/mol. The van der Waals surface area contributed by atoms with Gasteiger partial charge in [-0.25, -0.2) is 9.69 Å². The number of barbiturate groups is 1. The lowest BCUT2D eigenvalue weighted by molar-refractivity contribution is -0.122. The van der Waals surface area contributed by atoms with Crippen molar-refractivity contribution in [3.8, 4) is 11.5 Å². The van der Waals surface area contributed by atoms with Crippen LogP contribution in [0.1, 0.15) is 5.56 Å². The summed E-state index contributed by atoms with van der Waals surface area (Å²) in [5.41, 5.74) is 0.00394. The molecule has 1 heterocycles. The van der Waals surface area contributed by atoms with E-state index in [9.17, 15) is 22.8 Å². The molecule has 1 saturated heterocycles. The molecule has 1 aliphatic heterocycles. The number of nitrogens with one attached hydrogen (secondary N) is 1. The minimum Gasteiger partial charge on any atom is -0.493 e. The lowest BCUT2D eigenvalue weighted by Crippen LogP contribution is -2.54. The Bertz CT molecular complexity index is 1580. The van der Waals surface area contributed by atoms with Crippen molar-refractivity contribution in [2.45, 2.75) is 4.90 Å². The Morgan fingerprint density at radius 1 is 0.973 bits per heavy atom. The molecule has 0 saturated carbocycles. The molecule has 0 atom stereocenters. The first-order valence-corrected chi connectivity index (χ1v) is 13.2. The molecule has 0 aromatic heterocycles. The predicted octanol–water partition coefficient (Wildman–Crippen LogP) is 5.20. The van der Waals surface area contributed by atoms with Crippen LogP contribution in [0.25, 0.3) is 6.08 Å². The first-order chi connectivity index (χ1) is 17.5. The Balaban J connectivity index is 1.71. The van der Waals surface area contributed by atoms with Crippen molar-refractivity contribution in [2.75, 3.05) is 12.0 Å². The number of anilines is 1. The van der Waals surface area contributed by atoms with Gasteiger partial charge >= 0.3 is 16.1 Å². The SMILES string of the molecule is COc1cc(/C=C2\C(=O)NC(=O)N(c3ccc(Cl)c(Cl)c3)C2=O)cc(Br)c1OS(=O)(=O)c1ccccc1.